The van der Waals surface area contributed by atoms with Gasteiger partial charge in [-0.15, -0.1) is 0 Å². The van der Waals surface area contributed by atoms with Gasteiger partial charge < -0.3 is 9.84 Å². The van der Waals surface area contributed by atoms with E-state index in [1.165, 1.54) is 18.2 Å². The standard InChI is InChI=1S/C11H12BrFO3/c1-2-5-16-10(11(14)15)7-3-4-9(13)8(12)6-7/h3-4,6,10H,2,5H2,1H3,(H,14,15). The van der Waals surface area contributed by atoms with Crippen LogP contribution in [0, 0.1) is 5.82 Å². The summed E-state index contributed by atoms with van der Waals surface area (Å²) in [6, 6.07) is 4.04. The molecular formula is C11H12BrFO3. The van der Waals surface area contributed by atoms with Crippen molar-refractivity contribution in [3.63, 3.8) is 0 Å². The minimum atomic E-state index is -1.08. The van der Waals surface area contributed by atoms with Gasteiger partial charge in [0, 0.05) is 6.61 Å². The van der Waals surface area contributed by atoms with Crippen LogP contribution in [-0.2, 0) is 9.53 Å². The van der Waals surface area contributed by atoms with Crippen LogP contribution in [0.5, 0.6) is 0 Å². The first-order valence-electron chi connectivity index (χ1n) is 4.85. The van der Waals surface area contributed by atoms with E-state index in [-0.39, 0.29) is 4.47 Å². The molecule has 0 aliphatic carbocycles. The maximum atomic E-state index is 13.0. The van der Waals surface area contributed by atoms with Gasteiger partial charge in [-0.3, -0.25) is 0 Å². The molecule has 1 aromatic carbocycles. The van der Waals surface area contributed by atoms with Crippen molar-refractivity contribution >= 4 is 21.9 Å². The second kappa shape index (κ2) is 5.96. The van der Waals surface area contributed by atoms with Crippen LogP contribution >= 0.6 is 15.9 Å². The molecule has 16 heavy (non-hydrogen) atoms. The highest BCUT2D eigenvalue weighted by Crippen LogP contribution is 2.24. The van der Waals surface area contributed by atoms with Gasteiger partial charge in [0.25, 0.3) is 0 Å². The monoisotopic (exact) mass is 290 g/mol. The first-order chi connectivity index (χ1) is 7.56. The van der Waals surface area contributed by atoms with Crippen molar-refractivity contribution in [1.82, 2.24) is 0 Å². The van der Waals surface area contributed by atoms with Crippen LogP contribution in [0.2, 0.25) is 0 Å². The quantitative estimate of drug-likeness (QED) is 0.906. The first kappa shape index (κ1) is 13.1. The number of carboxylic acids is 1. The predicted octanol–water partition coefficient (Wildman–Crippen LogP) is 3.14. The van der Waals surface area contributed by atoms with Gasteiger partial charge >= 0.3 is 5.97 Å². The molecule has 88 valence electrons. The number of rotatable bonds is 5. The third-order valence-electron chi connectivity index (χ3n) is 1.96. The Hall–Kier alpha value is -0.940. The van der Waals surface area contributed by atoms with Gasteiger partial charge in [-0.1, -0.05) is 13.0 Å². The van der Waals surface area contributed by atoms with Gasteiger partial charge in [0.2, 0.25) is 0 Å². The topological polar surface area (TPSA) is 46.5 Å². The second-order valence-corrected chi connectivity index (χ2v) is 4.12. The molecule has 1 N–H and O–H groups in total. The van der Waals surface area contributed by atoms with E-state index in [2.05, 4.69) is 15.9 Å². The number of carbonyl (C=O) groups is 1. The minimum absolute atomic E-state index is 0.233. The lowest BCUT2D eigenvalue weighted by Crippen LogP contribution is -2.16. The highest BCUT2D eigenvalue weighted by atomic mass is 79.9. The molecule has 1 rings (SSSR count). The van der Waals surface area contributed by atoms with Crippen LogP contribution in [0.25, 0.3) is 0 Å². The smallest absolute Gasteiger partial charge is 0.337 e. The lowest BCUT2D eigenvalue weighted by atomic mass is 10.1. The van der Waals surface area contributed by atoms with Crippen molar-refractivity contribution in [2.45, 2.75) is 19.4 Å². The Labute approximate surface area is 101 Å². The summed E-state index contributed by atoms with van der Waals surface area (Å²) in [5.74, 6) is -1.50. The largest absolute Gasteiger partial charge is 0.479 e. The van der Waals surface area contributed by atoms with Gasteiger partial charge in [0.1, 0.15) is 5.82 Å². The first-order valence-corrected chi connectivity index (χ1v) is 5.65. The highest BCUT2D eigenvalue weighted by Gasteiger charge is 2.20. The highest BCUT2D eigenvalue weighted by molar-refractivity contribution is 9.10. The molecule has 0 heterocycles. The molecule has 0 radical (unpaired) electrons. The molecule has 1 unspecified atom stereocenters. The lowest BCUT2D eigenvalue weighted by Gasteiger charge is -2.13. The second-order valence-electron chi connectivity index (χ2n) is 3.26. The Morgan fingerprint density at radius 3 is 2.81 bits per heavy atom. The minimum Gasteiger partial charge on any atom is -0.479 e. The average molecular weight is 291 g/mol. The van der Waals surface area contributed by atoms with E-state index in [1.807, 2.05) is 6.92 Å². The van der Waals surface area contributed by atoms with E-state index in [4.69, 9.17) is 9.84 Å². The van der Waals surface area contributed by atoms with Crippen LogP contribution in [0.4, 0.5) is 4.39 Å². The van der Waals surface area contributed by atoms with E-state index in [1.54, 1.807) is 0 Å². The molecule has 3 nitrogen and oxygen atoms in total. The summed E-state index contributed by atoms with van der Waals surface area (Å²) in [6.45, 7) is 2.24. The van der Waals surface area contributed by atoms with E-state index >= 15 is 0 Å². The van der Waals surface area contributed by atoms with Crippen molar-refractivity contribution in [3.05, 3.63) is 34.1 Å². The third kappa shape index (κ3) is 3.28. The van der Waals surface area contributed by atoms with Crippen molar-refractivity contribution in [3.8, 4) is 0 Å². The Balaban J connectivity index is 2.92. The Morgan fingerprint density at radius 2 is 2.31 bits per heavy atom. The number of benzene rings is 1. The van der Waals surface area contributed by atoms with Crippen molar-refractivity contribution in [1.29, 1.82) is 0 Å². The zero-order chi connectivity index (χ0) is 12.1. The lowest BCUT2D eigenvalue weighted by molar-refractivity contribution is -0.150. The zero-order valence-corrected chi connectivity index (χ0v) is 10.3. The van der Waals surface area contributed by atoms with Crippen molar-refractivity contribution in [2.75, 3.05) is 6.61 Å². The predicted molar refractivity (Wildman–Crippen MR) is 60.7 cm³/mol. The molecule has 0 aliphatic heterocycles. The summed E-state index contributed by atoms with van der Waals surface area (Å²) >= 11 is 3.01. The van der Waals surface area contributed by atoms with E-state index in [0.29, 0.717) is 12.2 Å². The van der Waals surface area contributed by atoms with Crippen LogP contribution in [0.15, 0.2) is 22.7 Å². The fourth-order valence-electron chi connectivity index (χ4n) is 1.22. The molecule has 0 aromatic heterocycles. The van der Waals surface area contributed by atoms with Crippen LogP contribution in [0.1, 0.15) is 25.0 Å². The number of halogens is 2. The molecule has 5 heteroatoms. The summed E-state index contributed by atoms with van der Waals surface area (Å²) in [4.78, 5) is 11.0. The number of carboxylic acid groups (broad SMARTS) is 1. The summed E-state index contributed by atoms with van der Waals surface area (Å²) in [5, 5.41) is 8.98. The summed E-state index contributed by atoms with van der Waals surface area (Å²) in [5.41, 5.74) is 0.425. The van der Waals surface area contributed by atoms with E-state index in [0.717, 1.165) is 6.42 Å². The van der Waals surface area contributed by atoms with Gasteiger partial charge in [0.05, 0.1) is 4.47 Å². The van der Waals surface area contributed by atoms with Crippen LogP contribution in [-0.4, -0.2) is 17.7 Å². The molecule has 0 spiro atoms. The maximum absolute atomic E-state index is 13.0. The number of hydrogen-bond donors (Lipinski definition) is 1. The normalized spacial score (nSPS) is 12.4. The fourth-order valence-corrected chi connectivity index (χ4v) is 1.62. The number of hydrogen-bond acceptors (Lipinski definition) is 2. The van der Waals surface area contributed by atoms with Gasteiger partial charge in [0.15, 0.2) is 6.10 Å². The Bertz CT molecular complexity index is 381. The van der Waals surface area contributed by atoms with Crippen LogP contribution in [0.3, 0.4) is 0 Å². The molecule has 1 aromatic rings. The maximum Gasteiger partial charge on any atom is 0.337 e. The number of aliphatic carboxylic acids is 1. The summed E-state index contributed by atoms with van der Waals surface area (Å²) < 4.78 is 18.4. The van der Waals surface area contributed by atoms with Crippen molar-refractivity contribution < 1.29 is 19.0 Å². The molecule has 0 saturated heterocycles. The van der Waals surface area contributed by atoms with Crippen LogP contribution < -0.4 is 0 Å². The third-order valence-corrected chi connectivity index (χ3v) is 2.57. The molecule has 1 atom stereocenters. The Kier molecular flexibility index (Phi) is 4.89. The molecule has 0 saturated carbocycles. The SMILES string of the molecule is CCCOC(C(=O)O)c1ccc(F)c(Br)c1. The van der Waals surface area contributed by atoms with E-state index < -0.39 is 17.9 Å². The summed E-state index contributed by atoms with van der Waals surface area (Å²) in [6.07, 6.45) is -0.316. The average Bonchev–Trinajstić information content (AvgIpc) is 2.23. The number of ether oxygens (including phenoxy) is 1. The Morgan fingerprint density at radius 1 is 1.62 bits per heavy atom. The van der Waals surface area contributed by atoms with Gasteiger partial charge in [-0.2, -0.15) is 0 Å². The molecular weight excluding hydrogens is 279 g/mol. The molecule has 0 amide bonds. The zero-order valence-electron chi connectivity index (χ0n) is 8.74. The molecule has 0 bridgehead atoms. The summed E-state index contributed by atoms with van der Waals surface area (Å²) in [7, 11) is 0. The van der Waals surface area contributed by atoms with Crippen molar-refractivity contribution in [2.24, 2.45) is 0 Å². The fraction of sp³-hybridized carbons (Fsp3) is 0.364. The molecule has 0 aliphatic rings. The molecule has 0 fully saturated rings. The van der Waals surface area contributed by atoms with Gasteiger partial charge in [-0.05, 0) is 40.0 Å². The van der Waals surface area contributed by atoms with E-state index in [9.17, 15) is 9.18 Å². The van der Waals surface area contributed by atoms with Gasteiger partial charge in [-0.25, -0.2) is 9.18 Å².